The smallest absolute Gasteiger partial charge is 0.907 e. The average molecular weight is 154 g/mol. The van der Waals surface area contributed by atoms with E-state index in [4.69, 9.17) is 19.8 Å². The fraction of sp³-hybridized carbons (Fsp3) is 1.00. The molecule has 0 aliphatic carbocycles. The van der Waals surface area contributed by atoms with Gasteiger partial charge in [-0.05, 0) is 13.8 Å². The minimum Gasteiger partial charge on any atom is -0.907 e. The largest absolute Gasteiger partial charge is 1.00 e. The van der Waals surface area contributed by atoms with E-state index in [9.17, 15) is 0 Å². The summed E-state index contributed by atoms with van der Waals surface area (Å²) in [5, 5.41) is 25.2. The van der Waals surface area contributed by atoms with E-state index in [1.807, 2.05) is 13.8 Å². The van der Waals surface area contributed by atoms with Crippen LogP contribution in [0.5, 0.6) is 0 Å². The van der Waals surface area contributed by atoms with E-state index in [1.54, 1.807) is 0 Å². The summed E-state index contributed by atoms with van der Waals surface area (Å²) in [5.74, 6) is 0. The number of ether oxygens (including phenoxy) is 1. The minimum absolute atomic E-state index is 0. The third-order valence-electron chi connectivity index (χ3n) is 0.408. The maximum absolute atomic E-state index is 8.42. The third-order valence-corrected chi connectivity index (χ3v) is 0.408. The fourth-order valence-corrected chi connectivity index (χ4v) is 0.204. The van der Waals surface area contributed by atoms with Crippen LogP contribution in [-0.2, 0) is 4.74 Å². The van der Waals surface area contributed by atoms with Crippen LogP contribution in [-0.4, -0.2) is 20.5 Å². The van der Waals surface area contributed by atoms with Gasteiger partial charge in [0, 0.05) is 13.2 Å². The summed E-state index contributed by atoms with van der Waals surface area (Å²) < 4.78 is 4.83. The predicted octanol–water partition coefficient (Wildman–Crippen LogP) is -11.9. The average Bonchev–Trinajstić information content (AvgIpc) is 1.66. The maximum Gasteiger partial charge on any atom is 1.00 e. The fourth-order valence-electron chi connectivity index (χ4n) is 0.204. The molecule has 0 atom stereocenters. The molecule has 0 rings (SSSR count). The van der Waals surface area contributed by atoms with E-state index in [0.717, 1.165) is 13.2 Å². The Morgan fingerprint density at radius 2 is 1.08 bits per heavy atom. The van der Waals surface area contributed by atoms with Gasteiger partial charge in [0.05, 0.1) is 0 Å². The molecule has 0 spiro atoms. The van der Waals surface area contributed by atoms with Crippen molar-refractivity contribution in [2.45, 2.75) is 13.8 Å². The predicted molar refractivity (Wildman–Crippen MR) is 27.9 cm³/mol. The SMILES string of the molecule is CCOCC.[Li+].[Li+].[Li+].[O-]B([O-])[O-]. The van der Waals surface area contributed by atoms with Gasteiger partial charge in [0.15, 0.2) is 0 Å². The van der Waals surface area contributed by atoms with Gasteiger partial charge in [-0.15, -0.1) is 0 Å². The molecule has 0 heterocycles. The second kappa shape index (κ2) is 29.3. The minimum atomic E-state index is -2.92. The van der Waals surface area contributed by atoms with E-state index >= 15 is 0 Å². The summed E-state index contributed by atoms with van der Waals surface area (Å²) in [4.78, 5) is 0. The second-order valence-electron chi connectivity index (χ2n) is 1.07. The van der Waals surface area contributed by atoms with Crippen molar-refractivity contribution in [1.82, 2.24) is 0 Å². The van der Waals surface area contributed by atoms with E-state index < -0.39 is 7.32 Å². The molecule has 0 saturated carbocycles. The molecule has 0 aromatic rings. The van der Waals surface area contributed by atoms with E-state index in [2.05, 4.69) is 0 Å². The van der Waals surface area contributed by atoms with Crippen molar-refractivity contribution >= 4 is 7.32 Å². The van der Waals surface area contributed by atoms with Gasteiger partial charge in [0.2, 0.25) is 0 Å². The van der Waals surface area contributed by atoms with Gasteiger partial charge in [-0.25, -0.2) is 0 Å². The monoisotopic (exact) mass is 154 g/mol. The summed E-state index contributed by atoms with van der Waals surface area (Å²) >= 11 is 0. The topological polar surface area (TPSA) is 78.4 Å². The van der Waals surface area contributed by atoms with Gasteiger partial charge in [0.25, 0.3) is 0 Å². The zero-order valence-corrected chi connectivity index (χ0v) is 8.62. The molecule has 0 N–H and O–H groups in total. The van der Waals surface area contributed by atoms with Crippen LogP contribution in [0, 0.1) is 0 Å². The van der Waals surface area contributed by atoms with Crippen molar-refractivity contribution < 1.29 is 76.4 Å². The Kier molecular flexibility index (Phi) is 71.3. The first-order valence-corrected chi connectivity index (χ1v) is 2.70. The Labute approximate surface area is 110 Å². The molecule has 0 saturated heterocycles. The first-order chi connectivity index (χ1) is 4.15. The Bertz CT molecular complexity index is 46.5. The Morgan fingerprint density at radius 3 is 1.08 bits per heavy atom. The summed E-state index contributed by atoms with van der Waals surface area (Å²) in [6, 6.07) is 0. The van der Waals surface area contributed by atoms with Crippen LogP contribution < -0.4 is 71.7 Å². The molecule has 4 nitrogen and oxygen atoms in total. The van der Waals surface area contributed by atoms with E-state index in [1.165, 1.54) is 0 Å². The van der Waals surface area contributed by atoms with Crippen molar-refractivity contribution in [3.05, 3.63) is 0 Å². The van der Waals surface area contributed by atoms with E-state index in [-0.39, 0.29) is 56.6 Å². The first kappa shape index (κ1) is 29.2. The number of rotatable bonds is 2. The van der Waals surface area contributed by atoms with Crippen molar-refractivity contribution in [2.24, 2.45) is 0 Å². The standard InChI is InChI=1S/C4H10O.BO3.3Li/c1-3-5-4-2;2-1(3)4;;;/h3-4H2,1-2H3;;;;/q;-3;3*+1. The number of hydrogen-bond acceptors (Lipinski definition) is 4. The van der Waals surface area contributed by atoms with Crippen molar-refractivity contribution in [3.8, 4) is 0 Å². The molecule has 0 bridgehead atoms. The normalized spacial score (nSPS) is 5.75. The zero-order valence-electron chi connectivity index (χ0n) is 8.62. The summed E-state index contributed by atoms with van der Waals surface area (Å²) in [6.07, 6.45) is 0. The van der Waals surface area contributed by atoms with Crippen LogP contribution in [0.15, 0.2) is 0 Å². The molecule has 0 radical (unpaired) electrons. The first-order valence-electron chi connectivity index (χ1n) is 2.70. The van der Waals surface area contributed by atoms with Crippen LogP contribution in [0.4, 0.5) is 0 Å². The zero-order chi connectivity index (χ0) is 7.70. The maximum atomic E-state index is 8.42. The molecule has 56 valence electrons. The van der Waals surface area contributed by atoms with Crippen molar-refractivity contribution in [1.29, 1.82) is 0 Å². The third kappa shape index (κ3) is 97.9. The van der Waals surface area contributed by atoms with Crippen LogP contribution in [0.3, 0.4) is 0 Å². The molecule has 0 aromatic heterocycles. The molecule has 0 aliphatic heterocycles. The Morgan fingerprint density at radius 1 is 0.917 bits per heavy atom. The summed E-state index contributed by atoms with van der Waals surface area (Å²) in [6.45, 7) is 5.67. The van der Waals surface area contributed by atoms with Crippen LogP contribution in [0.1, 0.15) is 13.8 Å². The molecule has 8 heteroatoms. The van der Waals surface area contributed by atoms with Crippen LogP contribution >= 0.6 is 0 Å². The second-order valence-corrected chi connectivity index (χ2v) is 1.07. The molecule has 0 fully saturated rings. The van der Waals surface area contributed by atoms with E-state index in [0.29, 0.717) is 0 Å². The molecule has 0 aromatic carbocycles. The van der Waals surface area contributed by atoms with Crippen LogP contribution in [0.2, 0.25) is 0 Å². The van der Waals surface area contributed by atoms with Crippen molar-refractivity contribution in [2.75, 3.05) is 13.2 Å². The quantitative estimate of drug-likeness (QED) is 0.370. The van der Waals surface area contributed by atoms with Gasteiger partial charge < -0.3 is 19.8 Å². The number of hydrogen-bond donors (Lipinski definition) is 0. The summed E-state index contributed by atoms with van der Waals surface area (Å²) in [7, 11) is -2.92. The molecule has 0 aliphatic rings. The molecule has 0 unspecified atom stereocenters. The van der Waals surface area contributed by atoms with Crippen LogP contribution in [0.25, 0.3) is 0 Å². The Balaban J connectivity index is -0.0000000221. The molecule has 0 amide bonds. The molecular formula is C4H10BLi3O4. The van der Waals surface area contributed by atoms with Gasteiger partial charge in [0.1, 0.15) is 0 Å². The van der Waals surface area contributed by atoms with Gasteiger partial charge in [-0.1, -0.05) is 0 Å². The molecular weight excluding hydrogens is 144 g/mol. The van der Waals surface area contributed by atoms with Crippen molar-refractivity contribution in [3.63, 3.8) is 0 Å². The van der Waals surface area contributed by atoms with Gasteiger partial charge >= 0.3 is 56.6 Å². The molecule has 12 heavy (non-hydrogen) atoms. The van der Waals surface area contributed by atoms with Gasteiger partial charge in [-0.2, -0.15) is 0 Å². The summed E-state index contributed by atoms with van der Waals surface area (Å²) in [5.41, 5.74) is 0. The van der Waals surface area contributed by atoms with Gasteiger partial charge in [-0.3, -0.25) is 7.32 Å². The Hall–Kier alpha value is 1.70.